The van der Waals surface area contributed by atoms with Gasteiger partial charge in [0.2, 0.25) is 0 Å². The lowest BCUT2D eigenvalue weighted by Crippen LogP contribution is -2.17. The molecule has 0 saturated heterocycles. The van der Waals surface area contributed by atoms with Gasteiger partial charge >= 0.3 is 5.97 Å². The smallest absolute Gasteiger partial charge is 0.358 e. The largest absolute Gasteiger partial charge is 0.464 e. The van der Waals surface area contributed by atoms with E-state index >= 15 is 0 Å². The molecule has 0 bridgehead atoms. The summed E-state index contributed by atoms with van der Waals surface area (Å²) in [5, 5.41) is 4.21. The number of hydrogen-bond donors (Lipinski definition) is 1. The Hall–Kier alpha value is -2.63. The van der Waals surface area contributed by atoms with E-state index in [9.17, 15) is 4.79 Å². The van der Waals surface area contributed by atoms with Gasteiger partial charge in [0.1, 0.15) is 16.7 Å². The van der Waals surface area contributed by atoms with Crippen LogP contribution in [0.5, 0.6) is 0 Å². The van der Waals surface area contributed by atoms with Crippen LogP contribution in [-0.4, -0.2) is 23.0 Å². The van der Waals surface area contributed by atoms with E-state index in [4.69, 9.17) is 27.9 Å². The lowest BCUT2D eigenvalue weighted by molar-refractivity contribution is 0.0593. The van der Waals surface area contributed by atoms with E-state index in [1.807, 2.05) is 54.6 Å². The molecule has 1 atom stereocenters. The third-order valence-electron chi connectivity index (χ3n) is 4.81. The van der Waals surface area contributed by atoms with Crippen molar-refractivity contribution in [1.82, 2.24) is 9.97 Å². The van der Waals surface area contributed by atoms with Crippen LogP contribution < -0.4 is 5.32 Å². The predicted octanol–water partition coefficient (Wildman–Crippen LogP) is 5.65. The van der Waals surface area contributed by atoms with Gasteiger partial charge in [0.05, 0.1) is 13.2 Å². The van der Waals surface area contributed by atoms with Crippen LogP contribution in [0.15, 0.2) is 54.6 Å². The zero-order chi connectivity index (χ0) is 20.4. The molecule has 0 spiro atoms. The summed E-state index contributed by atoms with van der Waals surface area (Å²) in [6.45, 7) is 0. The van der Waals surface area contributed by atoms with Crippen molar-refractivity contribution >= 4 is 35.0 Å². The van der Waals surface area contributed by atoms with Gasteiger partial charge in [-0.15, -0.1) is 0 Å². The van der Waals surface area contributed by atoms with Crippen LogP contribution in [0.2, 0.25) is 10.0 Å². The average Bonchev–Trinajstić information content (AvgIpc) is 3.59. The Morgan fingerprint density at radius 2 is 1.69 bits per heavy atom. The summed E-state index contributed by atoms with van der Waals surface area (Å²) in [7, 11) is 1.31. The summed E-state index contributed by atoms with van der Waals surface area (Å²) in [5.41, 5.74) is 2.09. The molecule has 1 heterocycles. The van der Waals surface area contributed by atoms with Gasteiger partial charge in [-0.1, -0.05) is 65.7 Å². The number of benzene rings is 2. The van der Waals surface area contributed by atoms with Crippen molar-refractivity contribution in [2.24, 2.45) is 0 Å². The second kappa shape index (κ2) is 8.39. The van der Waals surface area contributed by atoms with Gasteiger partial charge in [0.25, 0.3) is 0 Å². The Morgan fingerprint density at radius 3 is 2.31 bits per heavy atom. The molecule has 1 aliphatic carbocycles. The van der Waals surface area contributed by atoms with E-state index in [-0.39, 0.29) is 22.7 Å². The Balaban J connectivity index is 1.78. The van der Waals surface area contributed by atoms with Crippen LogP contribution in [0.1, 0.15) is 52.2 Å². The Morgan fingerprint density at radius 1 is 1.03 bits per heavy atom. The highest BCUT2D eigenvalue weighted by atomic mass is 35.5. The molecule has 0 radical (unpaired) electrons. The van der Waals surface area contributed by atoms with Crippen molar-refractivity contribution < 1.29 is 9.53 Å². The first kappa shape index (κ1) is 19.7. The lowest BCUT2D eigenvalue weighted by Gasteiger charge is -2.22. The number of nitrogens with one attached hydrogen (secondary N) is 1. The first-order valence-corrected chi connectivity index (χ1v) is 10.0. The van der Waals surface area contributed by atoms with Gasteiger partial charge in [0.15, 0.2) is 5.69 Å². The fourth-order valence-corrected chi connectivity index (χ4v) is 3.45. The molecule has 4 rings (SSSR count). The minimum absolute atomic E-state index is 0.0801. The molecule has 5 nitrogen and oxygen atoms in total. The highest BCUT2D eigenvalue weighted by Gasteiger charge is 2.31. The molecule has 1 fully saturated rings. The van der Waals surface area contributed by atoms with E-state index in [1.165, 1.54) is 7.11 Å². The first-order valence-electron chi connectivity index (χ1n) is 9.29. The van der Waals surface area contributed by atoms with Gasteiger partial charge < -0.3 is 10.1 Å². The minimum atomic E-state index is -0.579. The molecule has 1 saturated carbocycles. The summed E-state index contributed by atoms with van der Waals surface area (Å²) in [6.07, 6.45) is 2.00. The number of aromatic nitrogens is 2. The fraction of sp³-hybridized carbons (Fsp3) is 0.227. The fourth-order valence-electron chi connectivity index (χ4n) is 3.11. The zero-order valence-electron chi connectivity index (χ0n) is 15.7. The van der Waals surface area contributed by atoms with Crippen molar-refractivity contribution in [3.63, 3.8) is 0 Å². The lowest BCUT2D eigenvalue weighted by atomic mass is 9.98. The van der Waals surface area contributed by atoms with Crippen LogP contribution in [0.3, 0.4) is 0 Å². The van der Waals surface area contributed by atoms with Crippen LogP contribution >= 0.6 is 23.2 Å². The maximum Gasteiger partial charge on any atom is 0.358 e. The molecule has 1 N–H and O–H groups in total. The number of rotatable bonds is 6. The van der Waals surface area contributed by atoms with Gasteiger partial charge in [-0.3, -0.25) is 0 Å². The van der Waals surface area contributed by atoms with E-state index < -0.39 is 5.97 Å². The molecule has 0 aliphatic heterocycles. The Bertz CT molecular complexity index is 1020. The number of nitrogens with zero attached hydrogens (tertiary/aromatic N) is 2. The number of anilines is 1. The normalized spacial score (nSPS) is 14.3. The molecular weight excluding hydrogens is 409 g/mol. The topological polar surface area (TPSA) is 64.1 Å². The molecule has 3 aromatic rings. The minimum Gasteiger partial charge on any atom is -0.464 e. The van der Waals surface area contributed by atoms with Crippen molar-refractivity contribution in [3.8, 4) is 0 Å². The maximum absolute atomic E-state index is 12.2. The maximum atomic E-state index is 12.2. The number of halogens is 2. The number of carbonyl (C=O) groups is 1. The van der Waals surface area contributed by atoms with Crippen LogP contribution in [0, 0.1) is 0 Å². The molecule has 1 aliphatic rings. The van der Waals surface area contributed by atoms with Gasteiger partial charge in [-0.2, -0.15) is 0 Å². The summed E-state index contributed by atoms with van der Waals surface area (Å²) in [4.78, 5) is 21.2. The van der Waals surface area contributed by atoms with E-state index in [1.54, 1.807) is 0 Å². The van der Waals surface area contributed by atoms with Gasteiger partial charge in [-0.05, 0) is 36.1 Å². The third kappa shape index (κ3) is 4.36. The molecule has 2 aromatic carbocycles. The SMILES string of the molecule is COC(=O)c1nc(C2CC2)nc(NC(c2ccccc2)c2ccc(Cl)cc2)c1Cl. The summed E-state index contributed by atoms with van der Waals surface area (Å²) >= 11 is 12.6. The summed E-state index contributed by atoms with van der Waals surface area (Å²) in [6, 6.07) is 17.3. The number of ether oxygens (including phenoxy) is 1. The van der Waals surface area contributed by atoms with Gasteiger partial charge in [-0.25, -0.2) is 14.8 Å². The third-order valence-corrected chi connectivity index (χ3v) is 5.42. The molecule has 29 heavy (non-hydrogen) atoms. The standard InChI is InChI=1S/C22H19Cl2N3O2/c1-29-22(28)19-17(24)21(27-20(26-19)15-7-8-15)25-18(13-5-3-2-4-6-13)14-9-11-16(23)12-10-14/h2-6,9-12,15,18H,7-8H2,1H3,(H,25,26,27). The summed E-state index contributed by atoms with van der Waals surface area (Å²) in [5.74, 6) is 0.694. The second-order valence-corrected chi connectivity index (χ2v) is 7.71. The Kier molecular flexibility index (Phi) is 5.69. The molecule has 1 unspecified atom stereocenters. The van der Waals surface area contributed by atoms with E-state index in [2.05, 4.69) is 15.3 Å². The van der Waals surface area contributed by atoms with Crippen molar-refractivity contribution in [1.29, 1.82) is 0 Å². The molecular formula is C22H19Cl2N3O2. The van der Waals surface area contributed by atoms with Crippen molar-refractivity contribution in [3.05, 3.63) is 87.3 Å². The quantitative estimate of drug-likeness (QED) is 0.514. The highest BCUT2D eigenvalue weighted by Crippen LogP contribution is 2.40. The van der Waals surface area contributed by atoms with E-state index in [0.717, 1.165) is 24.0 Å². The average molecular weight is 428 g/mol. The van der Waals surface area contributed by atoms with Crippen molar-refractivity contribution in [2.45, 2.75) is 24.8 Å². The van der Waals surface area contributed by atoms with Crippen LogP contribution in [0.25, 0.3) is 0 Å². The van der Waals surface area contributed by atoms with Gasteiger partial charge in [0, 0.05) is 10.9 Å². The highest BCUT2D eigenvalue weighted by molar-refractivity contribution is 6.35. The second-order valence-electron chi connectivity index (χ2n) is 6.90. The number of esters is 1. The monoisotopic (exact) mass is 427 g/mol. The molecule has 148 valence electrons. The summed E-state index contributed by atoms with van der Waals surface area (Å²) < 4.78 is 4.86. The molecule has 1 aromatic heterocycles. The number of carbonyl (C=O) groups excluding carboxylic acids is 1. The number of methoxy groups -OCH3 is 1. The Labute approximate surface area is 179 Å². The van der Waals surface area contributed by atoms with E-state index in [0.29, 0.717) is 16.7 Å². The predicted molar refractivity (Wildman–Crippen MR) is 114 cm³/mol. The molecule has 7 heteroatoms. The van der Waals surface area contributed by atoms with Crippen LogP contribution in [0.4, 0.5) is 5.82 Å². The van der Waals surface area contributed by atoms with Crippen molar-refractivity contribution in [2.75, 3.05) is 12.4 Å². The molecule has 0 amide bonds. The zero-order valence-corrected chi connectivity index (χ0v) is 17.2. The number of hydrogen-bond acceptors (Lipinski definition) is 5. The first-order chi connectivity index (χ1) is 14.1. The van der Waals surface area contributed by atoms with Crippen LogP contribution in [-0.2, 0) is 4.74 Å².